The first-order valence-electron chi connectivity index (χ1n) is 10.6. The van der Waals surface area contributed by atoms with Gasteiger partial charge < -0.3 is 10.6 Å². The standard InChI is InChI=1S/C24H26ClN5OS/c1-5-12-32-24-28-23-26-16(4)20(22(31)27-19-11-6-8-14(2)15(19)3)21(30(23)29-24)17-9-7-10-18(25)13-17/h6-11,13,21H,5,12H2,1-4H3,(H,27,31)(H,26,28,29). The Hall–Kier alpha value is -2.77. The van der Waals surface area contributed by atoms with Gasteiger partial charge in [0.2, 0.25) is 11.1 Å². The summed E-state index contributed by atoms with van der Waals surface area (Å²) >= 11 is 7.92. The van der Waals surface area contributed by atoms with Gasteiger partial charge in [-0.25, -0.2) is 4.68 Å². The lowest BCUT2D eigenvalue weighted by molar-refractivity contribution is -0.113. The van der Waals surface area contributed by atoms with Gasteiger partial charge in [0.1, 0.15) is 6.04 Å². The van der Waals surface area contributed by atoms with Gasteiger partial charge in [-0.1, -0.05) is 54.6 Å². The van der Waals surface area contributed by atoms with Crippen molar-refractivity contribution in [3.8, 4) is 0 Å². The van der Waals surface area contributed by atoms with Crippen molar-refractivity contribution in [3.63, 3.8) is 0 Å². The maximum Gasteiger partial charge on any atom is 0.255 e. The van der Waals surface area contributed by atoms with Gasteiger partial charge in [0.05, 0.1) is 5.57 Å². The Labute approximate surface area is 197 Å². The van der Waals surface area contributed by atoms with E-state index in [1.54, 1.807) is 16.4 Å². The van der Waals surface area contributed by atoms with E-state index >= 15 is 0 Å². The quantitative estimate of drug-likeness (QED) is 0.436. The molecule has 8 heteroatoms. The number of allylic oxidation sites excluding steroid dienone is 1. The van der Waals surface area contributed by atoms with E-state index < -0.39 is 6.04 Å². The van der Waals surface area contributed by atoms with Gasteiger partial charge in [-0.2, -0.15) is 4.98 Å². The first-order valence-corrected chi connectivity index (χ1v) is 12.0. The number of nitrogens with zero attached hydrogens (tertiary/aromatic N) is 3. The highest BCUT2D eigenvalue weighted by Crippen LogP contribution is 2.37. The van der Waals surface area contributed by atoms with Crippen molar-refractivity contribution in [2.24, 2.45) is 0 Å². The molecule has 3 aromatic rings. The Kier molecular flexibility index (Phi) is 6.58. The van der Waals surface area contributed by atoms with Crippen molar-refractivity contribution in [1.82, 2.24) is 14.8 Å². The van der Waals surface area contributed by atoms with Crippen LogP contribution in [-0.4, -0.2) is 26.4 Å². The summed E-state index contributed by atoms with van der Waals surface area (Å²) in [5.74, 6) is 1.37. The third-order valence-electron chi connectivity index (χ3n) is 5.53. The molecule has 0 radical (unpaired) electrons. The van der Waals surface area contributed by atoms with Crippen LogP contribution in [0.25, 0.3) is 0 Å². The minimum Gasteiger partial charge on any atom is -0.328 e. The fourth-order valence-corrected chi connectivity index (χ4v) is 4.62. The normalized spacial score (nSPS) is 15.3. The number of fused-ring (bicyclic) bond motifs is 1. The zero-order valence-electron chi connectivity index (χ0n) is 18.6. The molecule has 2 heterocycles. The molecule has 6 nitrogen and oxygen atoms in total. The number of carbonyl (C=O) groups excluding carboxylic acids is 1. The number of rotatable bonds is 6. The SMILES string of the molecule is CCCSc1nc2n(n1)C(c1cccc(Cl)c1)C(C(=O)Nc1cccc(C)c1C)=C(C)N2. The molecular weight excluding hydrogens is 442 g/mol. The van der Waals surface area contributed by atoms with Crippen LogP contribution in [0.3, 0.4) is 0 Å². The second-order valence-corrected chi connectivity index (χ2v) is 9.33. The van der Waals surface area contributed by atoms with E-state index in [-0.39, 0.29) is 5.91 Å². The second kappa shape index (κ2) is 9.38. The predicted octanol–water partition coefficient (Wildman–Crippen LogP) is 5.98. The number of anilines is 2. The molecule has 0 bridgehead atoms. The molecule has 1 aliphatic rings. The summed E-state index contributed by atoms with van der Waals surface area (Å²) in [4.78, 5) is 18.2. The maximum atomic E-state index is 13.6. The Bertz CT molecular complexity index is 1200. The molecule has 166 valence electrons. The van der Waals surface area contributed by atoms with E-state index in [2.05, 4.69) is 22.5 Å². The summed E-state index contributed by atoms with van der Waals surface area (Å²) in [5.41, 5.74) is 5.16. The largest absolute Gasteiger partial charge is 0.328 e. The number of carbonyl (C=O) groups is 1. The number of benzene rings is 2. The summed E-state index contributed by atoms with van der Waals surface area (Å²) in [7, 11) is 0. The fraction of sp³-hybridized carbons (Fsp3) is 0.292. The third-order valence-corrected chi connectivity index (χ3v) is 6.81. The Morgan fingerprint density at radius 3 is 2.75 bits per heavy atom. The lowest BCUT2D eigenvalue weighted by Gasteiger charge is -2.29. The summed E-state index contributed by atoms with van der Waals surface area (Å²) in [6.45, 7) is 8.06. The number of nitrogens with one attached hydrogen (secondary N) is 2. The average Bonchev–Trinajstić information content (AvgIpc) is 3.16. The number of thioether (sulfide) groups is 1. The van der Waals surface area contributed by atoms with Crippen LogP contribution < -0.4 is 10.6 Å². The van der Waals surface area contributed by atoms with Crippen molar-refractivity contribution >= 4 is 40.9 Å². The highest BCUT2D eigenvalue weighted by atomic mass is 35.5. The Morgan fingerprint density at radius 1 is 1.22 bits per heavy atom. The van der Waals surface area contributed by atoms with Gasteiger partial charge in [-0.05, 0) is 62.1 Å². The van der Waals surface area contributed by atoms with Crippen LogP contribution in [0.5, 0.6) is 0 Å². The molecule has 4 rings (SSSR count). The van der Waals surface area contributed by atoms with Crippen LogP contribution in [0.15, 0.2) is 58.9 Å². The van der Waals surface area contributed by atoms with E-state index in [4.69, 9.17) is 16.7 Å². The maximum absolute atomic E-state index is 13.6. The summed E-state index contributed by atoms with van der Waals surface area (Å²) in [5, 5.41) is 12.4. The van der Waals surface area contributed by atoms with E-state index in [0.717, 1.165) is 40.2 Å². The molecule has 0 aliphatic carbocycles. The molecule has 1 amide bonds. The highest BCUT2D eigenvalue weighted by Gasteiger charge is 2.34. The molecule has 32 heavy (non-hydrogen) atoms. The van der Waals surface area contributed by atoms with Gasteiger partial charge >= 0.3 is 0 Å². The van der Waals surface area contributed by atoms with Crippen molar-refractivity contribution in [2.45, 2.75) is 45.3 Å². The van der Waals surface area contributed by atoms with E-state index in [9.17, 15) is 4.79 Å². The zero-order valence-corrected chi connectivity index (χ0v) is 20.1. The second-order valence-electron chi connectivity index (χ2n) is 7.83. The fourth-order valence-electron chi connectivity index (χ4n) is 3.74. The van der Waals surface area contributed by atoms with Gasteiger partial charge in [-0.15, -0.1) is 5.10 Å². The molecule has 0 saturated heterocycles. The summed E-state index contributed by atoms with van der Waals surface area (Å²) < 4.78 is 1.79. The molecule has 0 spiro atoms. The number of hydrogen-bond acceptors (Lipinski definition) is 5. The van der Waals surface area contributed by atoms with Crippen LogP contribution in [-0.2, 0) is 4.79 Å². The number of hydrogen-bond donors (Lipinski definition) is 2. The minimum absolute atomic E-state index is 0.183. The number of halogens is 1. The van der Waals surface area contributed by atoms with Crippen LogP contribution >= 0.6 is 23.4 Å². The van der Waals surface area contributed by atoms with Gasteiger partial charge in [-0.3, -0.25) is 4.79 Å². The molecule has 1 atom stereocenters. The topological polar surface area (TPSA) is 71.8 Å². The number of aromatic nitrogens is 3. The van der Waals surface area contributed by atoms with E-state index in [0.29, 0.717) is 21.7 Å². The van der Waals surface area contributed by atoms with Crippen molar-refractivity contribution < 1.29 is 4.79 Å². The predicted molar refractivity (Wildman–Crippen MR) is 131 cm³/mol. The summed E-state index contributed by atoms with van der Waals surface area (Å²) in [6.07, 6.45) is 1.03. The van der Waals surface area contributed by atoms with Crippen LogP contribution in [0.1, 0.15) is 43.0 Å². The van der Waals surface area contributed by atoms with Crippen LogP contribution in [0.2, 0.25) is 5.02 Å². The van der Waals surface area contributed by atoms with Gasteiger partial charge in [0.25, 0.3) is 5.91 Å². The first kappa shape index (κ1) is 22.4. The molecule has 2 aromatic carbocycles. The lowest BCUT2D eigenvalue weighted by atomic mass is 9.95. The molecule has 1 aliphatic heterocycles. The molecule has 2 N–H and O–H groups in total. The van der Waals surface area contributed by atoms with Gasteiger partial charge in [0.15, 0.2) is 0 Å². The summed E-state index contributed by atoms with van der Waals surface area (Å²) in [6, 6.07) is 13.0. The zero-order chi connectivity index (χ0) is 22.8. The highest BCUT2D eigenvalue weighted by molar-refractivity contribution is 7.99. The van der Waals surface area contributed by atoms with Crippen molar-refractivity contribution in [3.05, 3.63) is 75.4 Å². The van der Waals surface area contributed by atoms with Gasteiger partial charge in [0, 0.05) is 22.2 Å². The minimum atomic E-state index is -0.446. The smallest absolute Gasteiger partial charge is 0.255 e. The average molecular weight is 468 g/mol. The number of aryl methyl sites for hydroxylation is 1. The monoisotopic (exact) mass is 467 g/mol. The lowest BCUT2D eigenvalue weighted by Crippen LogP contribution is -2.31. The molecule has 1 aromatic heterocycles. The van der Waals surface area contributed by atoms with E-state index in [1.165, 1.54) is 0 Å². The number of amides is 1. The van der Waals surface area contributed by atoms with Crippen molar-refractivity contribution in [2.75, 3.05) is 16.4 Å². The molecular formula is C24H26ClN5OS. The molecule has 0 saturated carbocycles. The Balaban J connectivity index is 1.77. The first-order chi connectivity index (χ1) is 15.4. The van der Waals surface area contributed by atoms with Crippen molar-refractivity contribution in [1.29, 1.82) is 0 Å². The molecule has 1 unspecified atom stereocenters. The Morgan fingerprint density at radius 2 is 2.00 bits per heavy atom. The van der Waals surface area contributed by atoms with Crippen LogP contribution in [0, 0.1) is 13.8 Å². The third kappa shape index (κ3) is 4.40. The van der Waals surface area contributed by atoms with E-state index in [1.807, 2.05) is 63.2 Å². The molecule has 0 fully saturated rings. The van der Waals surface area contributed by atoms with Crippen LogP contribution in [0.4, 0.5) is 11.6 Å².